The van der Waals surface area contributed by atoms with E-state index in [1.807, 2.05) is 19.1 Å². The van der Waals surface area contributed by atoms with Gasteiger partial charge in [-0.15, -0.1) is 0 Å². The molecule has 0 unspecified atom stereocenters. The summed E-state index contributed by atoms with van der Waals surface area (Å²) in [5, 5.41) is 6.47. The molecule has 25 heavy (non-hydrogen) atoms. The number of rotatable bonds is 4. The van der Waals surface area contributed by atoms with Gasteiger partial charge in [0.05, 0.1) is 0 Å². The third-order valence-electron chi connectivity index (χ3n) is 4.08. The molecule has 0 aliphatic carbocycles. The van der Waals surface area contributed by atoms with Gasteiger partial charge in [0, 0.05) is 29.2 Å². The molecule has 1 heterocycles. The van der Waals surface area contributed by atoms with Crippen LogP contribution in [0.25, 0.3) is 11.0 Å². The molecule has 0 atom stereocenters. The standard InChI is InChI=1S/C20H20N2O3/c1-4-14-5-10-18-17(11-14)12(2)19(25-18)20(24)22-16-8-6-15(7-9-16)21-13(3)23/h5-11H,4H2,1-3H3,(H,21,23)(H,22,24). The van der Waals surface area contributed by atoms with Crippen LogP contribution in [0.1, 0.15) is 35.5 Å². The van der Waals surface area contributed by atoms with E-state index in [1.54, 1.807) is 24.3 Å². The molecule has 0 bridgehead atoms. The number of amides is 2. The molecule has 0 saturated carbocycles. The highest BCUT2D eigenvalue weighted by Crippen LogP contribution is 2.27. The van der Waals surface area contributed by atoms with Crippen LogP contribution in [0, 0.1) is 6.92 Å². The van der Waals surface area contributed by atoms with E-state index in [0.717, 1.165) is 17.4 Å². The molecule has 128 valence electrons. The molecule has 0 saturated heterocycles. The monoisotopic (exact) mass is 336 g/mol. The van der Waals surface area contributed by atoms with E-state index >= 15 is 0 Å². The van der Waals surface area contributed by atoms with Gasteiger partial charge in [-0.2, -0.15) is 0 Å². The van der Waals surface area contributed by atoms with Crippen molar-refractivity contribution < 1.29 is 14.0 Å². The van der Waals surface area contributed by atoms with Gasteiger partial charge in [0.2, 0.25) is 5.91 Å². The van der Waals surface area contributed by atoms with Crippen LogP contribution in [0.3, 0.4) is 0 Å². The van der Waals surface area contributed by atoms with Crippen molar-refractivity contribution in [3.8, 4) is 0 Å². The average molecular weight is 336 g/mol. The van der Waals surface area contributed by atoms with Crippen molar-refractivity contribution in [2.45, 2.75) is 27.2 Å². The minimum Gasteiger partial charge on any atom is -0.451 e. The minimum atomic E-state index is -0.293. The molecule has 3 aromatic rings. The Kier molecular flexibility index (Phi) is 4.57. The lowest BCUT2D eigenvalue weighted by molar-refractivity contribution is -0.114. The van der Waals surface area contributed by atoms with Crippen molar-refractivity contribution in [2.24, 2.45) is 0 Å². The molecule has 0 aliphatic heterocycles. The van der Waals surface area contributed by atoms with Crippen LogP contribution < -0.4 is 10.6 Å². The summed E-state index contributed by atoms with van der Waals surface area (Å²) < 4.78 is 5.74. The maximum Gasteiger partial charge on any atom is 0.291 e. The molecule has 0 spiro atoms. The first kappa shape index (κ1) is 16.8. The van der Waals surface area contributed by atoms with E-state index in [1.165, 1.54) is 12.5 Å². The summed E-state index contributed by atoms with van der Waals surface area (Å²) in [6.45, 7) is 5.43. The Hall–Kier alpha value is -3.08. The third-order valence-corrected chi connectivity index (χ3v) is 4.08. The maximum absolute atomic E-state index is 12.5. The Balaban J connectivity index is 1.82. The normalized spacial score (nSPS) is 10.7. The Morgan fingerprint density at radius 1 is 1.00 bits per heavy atom. The lowest BCUT2D eigenvalue weighted by Gasteiger charge is -2.06. The largest absolute Gasteiger partial charge is 0.451 e. The van der Waals surface area contributed by atoms with Crippen LogP contribution in [-0.4, -0.2) is 11.8 Å². The second-order valence-corrected chi connectivity index (χ2v) is 5.95. The first-order valence-corrected chi connectivity index (χ1v) is 8.19. The minimum absolute atomic E-state index is 0.138. The molecule has 0 radical (unpaired) electrons. The fraction of sp³-hybridized carbons (Fsp3) is 0.200. The molecule has 3 rings (SSSR count). The Morgan fingerprint density at radius 2 is 1.64 bits per heavy atom. The predicted octanol–water partition coefficient (Wildman–Crippen LogP) is 4.51. The van der Waals surface area contributed by atoms with Crippen LogP contribution in [0.2, 0.25) is 0 Å². The van der Waals surface area contributed by atoms with Gasteiger partial charge in [-0.25, -0.2) is 0 Å². The number of hydrogen-bond acceptors (Lipinski definition) is 3. The number of nitrogens with one attached hydrogen (secondary N) is 2. The van der Waals surface area contributed by atoms with Gasteiger partial charge in [-0.1, -0.05) is 13.0 Å². The quantitative estimate of drug-likeness (QED) is 0.736. The molecule has 1 aromatic heterocycles. The van der Waals surface area contributed by atoms with E-state index in [-0.39, 0.29) is 11.8 Å². The molecule has 2 aromatic carbocycles. The number of aryl methyl sites for hydroxylation is 2. The lowest BCUT2D eigenvalue weighted by Crippen LogP contribution is -2.12. The van der Waals surface area contributed by atoms with Gasteiger partial charge < -0.3 is 15.1 Å². The van der Waals surface area contributed by atoms with Crippen molar-refractivity contribution >= 4 is 34.2 Å². The Labute approximate surface area is 146 Å². The maximum atomic E-state index is 12.5. The molecular weight excluding hydrogens is 316 g/mol. The summed E-state index contributed by atoms with van der Waals surface area (Å²) in [6, 6.07) is 12.9. The highest BCUT2D eigenvalue weighted by Gasteiger charge is 2.18. The molecular formula is C20H20N2O3. The first-order valence-electron chi connectivity index (χ1n) is 8.19. The zero-order valence-corrected chi connectivity index (χ0v) is 14.5. The lowest BCUT2D eigenvalue weighted by atomic mass is 10.1. The molecule has 2 amide bonds. The Bertz CT molecular complexity index is 939. The van der Waals surface area contributed by atoms with Crippen molar-refractivity contribution in [1.82, 2.24) is 0 Å². The molecule has 2 N–H and O–H groups in total. The summed E-state index contributed by atoms with van der Waals surface area (Å²) in [4.78, 5) is 23.6. The number of carbonyl (C=O) groups excluding carboxylic acids is 2. The summed E-state index contributed by atoms with van der Waals surface area (Å²) in [6.07, 6.45) is 0.933. The van der Waals surface area contributed by atoms with E-state index in [9.17, 15) is 9.59 Å². The number of furan rings is 1. The number of carbonyl (C=O) groups is 2. The summed E-state index contributed by atoms with van der Waals surface area (Å²) in [5.41, 5.74) is 4.06. The fourth-order valence-electron chi connectivity index (χ4n) is 2.73. The SMILES string of the molecule is CCc1ccc2oc(C(=O)Nc3ccc(NC(C)=O)cc3)c(C)c2c1. The number of anilines is 2. The number of hydrogen-bond donors (Lipinski definition) is 2. The summed E-state index contributed by atoms with van der Waals surface area (Å²) >= 11 is 0. The van der Waals surface area contributed by atoms with E-state index in [2.05, 4.69) is 23.6 Å². The van der Waals surface area contributed by atoms with Gasteiger partial charge in [-0.05, 0) is 55.3 Å². The zero-order chi connectivity index (χ0) is 18.0. The average Bonchev–Trinajstić information content (AvgIpc) is 2.92. The third kappa shape index (κ3) is 3.55. The van der Waals surface area contributed by atoms with Gasteiger partial charge >= 0.3 is 0 Å². The summed E-state index contributed by atoms with van der Waals surface area (Å²) in [7, 11) is 0. The van der Waals surface area contributed by atoms with Gasteiger partial charge in [0.15, 0.2) is 5.76 Å². The van der Waals surface area contributed by atoms with Crippen molar-refractivity contribution in [2.75, 3.05) is 10.6 Å². The van der Waals surface area contributed by atoms with Crippen LogP contribution in [0.4, 0.5) is 11.4 Å². The van der Waals surface area contributed by atoms with Gasteiger partial charge in [0.1, 0.15) is 5.58 Å². The van der Waals surface area contributed by atoms with Gasteiger partial charge in [-0.3, -0.25) is 9.59 Å². The highest BCUT2D eigenvalue weighted by atomic mass is 16.3. The first-order chi connectivity index (χ1) is 12.0. The highest BCUT2D eigenvalue weighted by molar-refractivity contribution is 6.06. The van der Waals surface area contributed by atoms with Crippen molar-refractivity contribution in [1.29, 1.82) is 0 Å². The summed E-state index contributed by atoms with van der Waals surface area (Å²) in [5.74, 6) is -0.116. The van der Waals surface area contributed by atoms with E-state index in [4.69, 9.17) is 4.42 Å². The second-order valence-electron chi connectivity index (χ2n) is 5.95. The Morgan fingerprint density at radius 3 is 2.24 bits per heavy atom. The van der Waals surface area contributed by atoms with Crippen LogP contribution in [-0.2, 0) is 11.2 Å². The van der Waals surface area contributed by atoms with Crippen molar-refractivity contribution in [3.05, 3.63) is 59.4 Å². The smallest absolute Gasteiger partial charge is 0.291 e. The molecule has 0 fully saturated rings. The number of benzene rings is 2. The molecule has 5 heteroatoms. The fourth-order valence-corrected chi connectivity index (χ4v) is 2.73. The van der Waals surface area contributed by atoms with E-state index < -0.39 is 0 Å². The van der Waals surface area contributed by atoms with Crippen molar-refractivity contribution in [3.63, 3.8) is 0 Å². The predicted molar refractivity (Wildman–Crippen MR) is 99.0 cm³/mol. The van der Waals surface area contributed by atoms with Crippen LogP contribution >= 0.6 is 0 Å². The van der Waals surface area contributed by atoms with E-state index in [0.29, 0.717) is 22.7 Å². The molecule has 5 nitrogen and oxygen atoms in total. The second kappa shape index (κ2) is 6.81. The van der Waals surface area contributed by atoms with Crippen LogP contribution in [0.15, 0.2) is 46.9 Å². The zero-order valence-electron chi connectivity index (χ0n) is 14.5. The van der Waals surface area contributed by atoms with Crippen LogP contribution in [0.5, 0.6) is 0 Å². The topological polar surface area (TPSA) is 71.3 Å². The number of fused-ring (bicyclic) bond motifs is 1. The van der Waals surface area contributed by atoms with Gasteiger partial charge in [0.25, 0.3) is 5.91 Å². The molecule has 0 aliphatic rings.